The van der Waals surface area contributed by atoms with Gasteiger partial charge in [0.05, 0.1) is 11.4 Å². The van der Waals surface area contributed by atoms with Crippen LogP contribution in [0, 0.1) is 12.8 Å². The Balaban J connectivity index is 1.59. The Morgan fingerprint density at radius 3 is 2.86 bits per heavy atom. The van der Waals surface area contributed by atoms with Crippen LogP contribution in [0.15, 0.2) is 36.5 Å². The molecule has 4 heterocycles. The van der Waals surface area contributed by atoms with E-state index in [1.165, 1.54) is 17.9 Å². The van der Waals surface area contributed by atoms with Crippen molar-refractivity contribution in [1.82, 2.24) is 24.4 Å². The van der Waals surface area contributed by atoms with E-state index < -0.39 is 0 Å². The molecule has 6 heteroatoms. The SMILES string of the molecule is Cc1cccc(-c2nc3n(c2-c2ccnc(NCCN(C)C)c2)[C@H]2CC2[C@@H]3C)n1. The zero-order valence-corrected chi connectivity index (χ0v) is 17.6. The third kappa shape index (κ3) is 3.21. The van der Waals surface area contributed by atoms with E-state index in [1.54, 1.807) is 0 Å². The predicted octanol–water partition coefficient (Wildman–Crippen LogP) is 3.97. The minimum Gasteiger partial charge on any atom is -0.369 e. The summed E-state index contributed by atoms with van der Waals surface area (Å²) >= 11 is 0. The summed E-state index contributed by atoms with van der Waals surface area (Å²) in [7, 11) is 4.16. The Labute approximate surface area is 172 Å². The maximum Gasteiger partial charge on any atom is 0.126 e. The molecule has 1 N–H and O–H groups in total. The molecule has 2 aliphatic rings. The van der Waals surface area contributed by atoms with Gasteiger partial charge in [-0.3, -0.25) is 4.98 Å². The Morgan fingerprint density at radius 1 is 1.21 bits per heavy atom. The molecular formula is C23H28N6. The van der Waals surface area contributed by atoms with Crippen molar-refractivity contribution in [3.8, 4) is 22.6 Å². The number of nitrogens with zero attached hydrogens (tertiary/aromatic N) is 5. The van der Waals surface area contributed by atoms with Crippen LogP contribution < -0.4 is 5.32 Å². The van der Waals surface area contributed by atoms with Crippen LogP contribution in [-0.4, -0.2) is 51.6 Å². The lowest BCUT2D eigenvalue weighted by molar-refractivity contribution is 0.425. The summed E-state index contributed by atoms with van der Waals surface area (Å²) in [5, 5.41) is 3.45. The maximum absolute atomic E-state index is 5.11. The van der Waals surface area contributed by atoms with Gasteiger partial charge in [0.2, 0.25) is 0 Å². The molecule has 0 spiro atoms. The molecule has 3 aromatic rings. The lowest BCUT2D eigenvalue weighted by Crippen LogP contribution is -2.21. The van der Waals surface area contributed by atoms with Crippen molar-refractivity contribution in [2.75, 3.05) is 32.5 Å². The Bertz CT molecular complexity index is 1050. The molecule has 1 fully saturated rings. The first-order valence-corrected chi connectivity index (χ1v) is 10.4. The van der Waals surface area contributed by atoms with Crippen LogP contribution in [0.3, 0.4) is 0 Å². The third-order valence-corrected chi connectivity index (χ3v) is 6.15. The predicted molar refractivity (Wildman–Crippen MR) is 116 cm³/mol. The van der Waals surface area contributed by atoms with Gasteiger partial charge in [-0.1, -0.05) is 13.0 Å². The van der Waals surface area contributed by atoms with E-state index in [0.717, 1.165) is 47.5 Å². The first-order chi connectivity index (χ1) is 14.0. The second-order valence-corrected chi connectivity index (χ2v) is 8.62. The number of imidazole rings is 1. The highest BCUT2D eigenvalue weighted by atomic mass is 15.2. The number of nitrogens with one attached hydrogen (secondary N) is 1. The molecule has 1 saturated carbocycles. The van der Waals surface area contributed by atoms with Gasteiger partial charge in [0.25, 0.3) is 0 Å². The number of rotatable bonds is 6. The van der Waals surface area contributed by atoms with E-state index in [1.807, 2.05) is 19.2 Å². The number of hydrogen-bond donors (Lipinski definition) is 1. The molecule has 0 bridgehead atoms. The number of likely N-dealkylation sites (N-methyl/N-ethyl adjacent to an activating group) is 1. The summed E-state index contributed by atoms with van der Waals surface area (Å²) in [5.74, 6) is 3.37. The molecule has 1 aliphatic carbocycles. The second kappa shape index (κ2) is 6.95. The molecule has 0 radical (unpaired) electrons. The molecule has 0 aromatic carbocycles. The van der Waals surface area contributed by atoms with Crippen molar-refractivity contribution in [1.29, 1.82) is 0 Å². The molecule has 1 aliphatic heterocycles. The summed E-state index contributed by atoms with van der Waals surface area (Å²) in [6.45, 7) is 6.18. The van der Waals surface area contributed by atoms with E-state index in [2.05, 4.69) is 65.1 Å². The summed E-state index contributed by atoms with van der Waals surface area (Å²) in [4.78, 5) is 16.6. The van der Waals surface area contributed by atoms with Crippen molar-refractivity contribution < 1.29 is 0 Å². The molecule has 3 atom stereocenters. The van der Waals surface area contributed by atoms with Crippen LogP contribution in [0.5, 0.6) is 0 Å². The Morgan fingerprint density at radius 2 is 2.07 bits per heavy atom. The minimum atomic E-state index is 0.511. The van der Waals surface area contributed by atoms with Crippen LogP contribution >= 0.6 is 0 Å². The van der Waals surface area contributed by atoms with Crippen LogP contribution in [-0.2, 0) is 0 Å². The molecule has 150 valence electrons. The van der Waals surface area contributed by atoms with Crippen LogP contribution in [0.2, 0.25) is 0 Å². The van der Waals surface area contributed by atoms with Crippen molar-refractivity contribution in [3.05, 3.63) is 48.0 Å². The number of aromatic nitrogens is 4. The van der Waals surface area contributed by atoms with Gasteiger partial charge >= 0.3 is 0 Å². The van der Waals surface area contributed by atoms with Gasteiger partial charge in [0, 0.05) is 42.5 Å². The largest absolute Gasteiger partial charge is 0.369 e. The standard InChI is InChI=1S/C23H28N6/c1-14-6-5-7-18(26-14)21-22(29-19-13-17(19)15(2)23(29)27-21)16-8-9-24-20(12-16)25-10-11-28(3)4/h5-9,12,15,17,19H,10-11,13H2,1-4H3,(H,24,25)/t15-,17?,19-/m0/s1. The van der Waals surface area contributed by atoms with Crippen LogP contribution in [0.25, 0.3) is 22.6 Å². The van der Waals surface area contributed by atoms with Crippen molar-refractivity contribution in [3.63, 3.8) is 0 Å². The van der Waals surface area contributed by atoms with Crippen molar-refractivity contribution >= 4 is 5.82 Å². The fourth-order valence-corrected chi connectivity index (χ4v) is 4.54. The second-order valence-electron chi connectivity index (χ2n) is 8.62. The number of pyridine rings is 2. The van der Waals surface area contributed by atoms with Crippen LogP contribution in [0.1, 0.15) is 36.8 Å². The monoisotopic (exact) mass is 388 g/mol. The fraction of sp³-hybridized carbons (Fsp3) is 0.435. The van der Waals surface area contributed by atoms with Gasteiger partial charge in [0.15, 0.2) is 0 Å². The van der Waals surface area contributed by atoms with E-state index in [0.29, 0.717) is 12.0 Å². The van der Waals surface area contributed by atoms with Gasteiger partial charge in [-0.25, -0.2) is 9.97 Å². The first-order valence-electron chi connectivity index (χ1n) is 10.4. The van der Waals surface area contributed by atoms with E-state index in [4.69, 9.17) is 9.97 Å². The molecule has 1 unspecified atom stereocenters. The molecule has 29 heavy (non-hydrogen) atoms. The highest BCUT2D eigenvalue weighted by Gasteiger charge is 2.52. The summed E-state index contributed by atoms with van der Waals surface area (Å²) < 4.78 is 2.48. The molecule has 0 amide bonds. The first kappa shape index (κ1) is 18.3. The topological polar surface area (TPSA) is 58.9 Å². The van der Waals surface area contributed by atoms with E-state index in [9.17, 15) is 0 Å². The Hall–Kier alpha value is -2.73. The average molecular weight is 389 g/mol. The van der Waals surface area contributed by atoms with Crippen LogP contribution in [0.4, 0.5) is 5.82 Å². The maximum atomic E-state index is 5.11. The molecule has 3 aromatic heterocycles. The van der Waals surface area contributed by atoms with Gasteiger partial charge in [-0.15, -0.1) is 0 Å². The van der Waals surface area contributed by atoms with Gasteiger partial charge in [-0.05, 0) is 57.6 Å². The van der Waals surface area contributed by atoms with Crippen molar-refractivity contribution in [2.45, 2.75) is 32.2 Å². The molecular weight excluding hydrogens is 360 g/mol. The lowest BCUT2D eigenvalue weighted by Gasteiger charge is -2.13. The molecule has 5 rings (SSSR count). The number of fused-ring (bicyclic) bond motifs is 3. The number of aryl methyl sites for hydroxylation is 1. The molecule has 6 nitrogen and oxygen atoms in total. The molecule has 0 saturated heterocycles. The highest BCUT2D eigenvalue weighted by molar-refractivity contribution is 5.79. The Kier molecular flexibility index (Phi) is 4.39. The van der Waals surface area contributed by atoms with E-state index >= 15 is 0 Å². The quantitative estimate of drug-likeness (QED) is 0.692. The van der Waals surface area contributed by atoms with E-state index in [-0.39, 0.29) is 0 Å². The third-order valence-electron chi connectivity index (χ3n) is 6.15. The average Bonchev–Trinajstić information content (AvgIpc) is 3.31. The summed E-state index contributed by atoms with van der Waals surface area (Å²) in [6, 6.07) is 11.0. The lowest BCUT2D eigenvalue weighted by atomic mass is 10.1. The van der Waals surface area contributed by atoms with Gasteiger partial charge < -0.3 is 14.8 Å². The zero-order valence-electron chi connectivity index (χ0n) is 17.6. The van der Waals surface area contributed by atoms with Gasteiger partial charge in [0.1, 0.15) is 17.3 Å². The minimum absolute atomic E-state index is 0.511. The smallest absolute Gasteiger partial charge is 0.126 e. The zero-order chi connectivity index (χ0) is 20.1. The normalized spacial score (nSPS) is 21.9. The van der Waals surface area contributed by atoms with Gasteiger partial charge in [-0.2, -0.15) is 0 Å². The number of anilines is 1. The number of hydrogen-bond acceptors (Lipinski definition) is 5. The highest BCUT2D eigenvalue weighted by Crippen LogP contribution is 2.60. The summed E-state index contributed by atoms with van der Waals surface area (Å²) in [6.07, 6.45) is 3.15. The fourth-order valence-electron chi connectivity index (χ4n) is 4.54. The summed E-state index contributed by atoms with van der Waals surface area (Å²) in [5.41, 5.74) is 5.30. The van der Waals surface area contributed by atoms with Crippen molar-refractivity contribution in [2.24, 2.45) is 5.92 Å².